The highest BCUT2D eigenvalue weighted by atomic mass is 16.4. The third kappa shape index (κ3) is 1.37. The zero-order chi connectivity index (χ0) is 9.35. The van der Waals surface area contributed by atoms with E-state index in [9.17, 15) is 4.79 Å². The summed E-state index contributed by atoms with van der Waals surface area (Å²) in [6.07, 6.45) is 2.37. The maximum Gasteiger partial charge on any atom is 0.313 e. The number of aliphatic hydroxyl groups is 1. The van der Waals surface area contributed by atoms with E-state index in [4.69, 9.17) is 10.2 Å². The van der Waals surface area contributed by atoms with Crippen LogP contribution in [0.1, 0.15) is 20.3 Å². The Kier molecular flexibility index (Phi) is 2.24. The van der Waals surface area contributed by atoms with Crippen molar-refractivity contribution < 1.29 is 15.0 Å². The van der Waals surface area contributed by atoms with Crippen LogP contribution in [-0.2, 0) is 4.79 Å². The number of carboxylic acid groups (broad SMARTS) is 1. The Morgan fingerprint density at radius 2 is 2.25 bits per heavy atom. The first-order valence-corrected chi connectivity index (χ1v) is 4.05. The first kappa shape index (κ1) is 9.26. The Bertz CT molecular complexity index is 232. The van der Waals surface area contributed by atoms with Crippen LogP contribution in [-0.4, -0.2) is 22.8 Å². The second-order valence-electron chi connectivity index (χ2n) is 3.60. The molecule has 2 atom stereocenters. The standard InChI is InChI=1S/C9H14O3/c1-6(5-10)3-9(8(11)12)4-7(9)2/h3,7,10H,4-5H2,1-2H3,(H,11,12)/b6-3+. The van der Waals surface area contributed by atoms with Crippen molar-refractivity contribution in [3.63, 3.8) is 0 Å². The molecule has 2 unspecified atom stereocenters. The second-order valence-corrected chi connectivity index (χ2v) is 3.60. The second kappa shape index (κ2) is 2.90. The predicted molar refractivity (Wildman–Crippen MR) is 44.7 cm³/mol. The van der Waals surface area contributed by atoms with Crippen molar-refractivity contribution in [1.29, 1.82) is 0 Å². The minimum absolute atomic E-state index is 0.0538. The average Bonchev–Trinajstić information content (AvgIpc) is 2.63. The molecular formula is C9H14O3. The Hall–Kier alpha value is -0.830. The molecule has 0 aliphatic heterocycles. The summed E-state index contributed by atoms with van der Waals surface area (Å²) in [5.74, 6) is -0.570. The monoisotopic (exact) mass is 170 g/mol. The molecule has 68 valence electrons. The van der Waals surface area contributed by atoms with Gasteiger partial charge in [0.1, 0.15) is 0 Å². The summed E-state index contributed by atoms with van der Waals surface area (Å²) in [6.45, 7) is 3.60. The van der Waals surface area contributed by atoms with Crippen molar-refractivity contribution in [2.45, 2.75) is 20.3 Å². The third-order valence-electron chi connectivity index (χ3n) is 2.51. The van der Waals surface area contributed by atoms with Gasteiger partial charge >= 0.3 is 5.97 Å². The topological polar surface area (TPSA) is 57.5 Å². The fraction of sp³-hybridized carbons (Fsp3) is 0.667. The summed E-state index contributed by atoms with van der Waals surface area (Å²) in [4.78, 5) is 10.8. The molecule has 0 heterocycles. The van der Waals surface area contributed by atoms with Crippen LogP contribution in [0.4, 0.5) is 0 Å². The highest BCUT2D eigenvalue weighted by molar-refractivity contribution is 5.81. The lowest BCUT2D eigenvalue weighted by molar-refractivity contribution is -0.141. The molecule has 0 radical (unpaired) electrons. The Labute approximate surface area is 71.7 Å². The highest BCUT2D eigenvalue weighted by Crippen LogP contribution is 2.54. The van der Waals surface area contributed by atoms with Crippen LogP contribution in [0.2, 0.25) is 0 Å². The van der Waals surface area contributed by atoms with E-state index in [0.717, 1.165) is 5.57 Å². The predicted octanol–water partition coefficient (Wildman–Crippen LogP) is 1.04. The molecule has 12 heavy (non-hydrogen) atoms. The van der Waals surface area contributed by atoms with Crippen molar-refractivity contribution in [2.24, 2.45) is 11.3 Å². The molecule has 0 aromatic heterocycles. The van der Waals surface area contributed by atoms with Gasteiger partial charge in [-0.3, -0.25) is 4.79 Å². The minimum Gasteiger partial charge on any atom is -0.481 e. The van der Waals surface area contributed by atoms with Crippen LogP contribution in [0.25, 0.3) is 0 Å². The van der Waals surface area contributed by atoms with E-state index in [1.54, 1.807) is 13.0 Å². The molecule has 0 aromatic carbocycles. The molecule has 3 heteroatoms. The van der Waals surface area contributed by atoms with Gasteiger partial charge in [0.05, 0.1) is 12.0 Å². The van der Waals surface area contributed by atoms with Gasteiger partial charge < -0.3 is 10.2 Å². The average molecular weight is 170 g/mol. The van der Waals surface area contributed by atoms with Gasteiger partial charge in [0.25, 0.3) is 0 Å². The lowest BCUT2D eigenvalue weighted by Crippen LogP contribution is -2.15. The molecule has 0 amide bonds. The SMILES string of the molecule is C/C(=C\C1(C(=O)O)CC1C)CO. The Balaban J connectivity index is 2.78. The van der Waals surface area contributed by atoms with E-state index < -0.39 is 11.4 Å². The molecule has 3 nitrogen and oxygen atoms in total. The van der Waals surface area contributed by atoms with Gasteiger partial charge in [-0.25, -0.2) is 0 Å². The summed E-state index contributed by atoms with van der Waals surface area (Å²) in [5, 5.41) is 17.6. The quantitative estimate of drug-likeness (QED) is 0.622. The lowest BCUT2D eigenvalue weighted by atomic mass is 10.0. The lowest BCUT2D eigenvalue weighted by Gasteiger charge is -2.05. The fourth-order valence-corrected chi connectivity index (χ4v) is 1.49. The van der Waals surface area contributed by atoms with E-state index in [2.05, 4.69) is 0 Å². The fourth-order valence-electron chi connectivity index (χ4n) is 1.49. The Morgan fingerprint density at radius 1 is 1.75 bits per heavy atom. The molecule has 0 saturated heterocycles. The van der Waals surface area contributed by atoms with Gasteiger partial charge in [-0.15, -0.1) is 0 Å². The molecular weight excluding hydrogens is 156 g/mol. The van der Waals surface area contributed by atoms with Gasteiger partial charge in [0.15, 0.2) is 0 Å². The molecule has 1 fully saturated rings. The molecule has 0 spiro atoms. The number of carboxylic acids is 1. The molecule has 0 bridgehead atoms. The molecule has 1 aliphatic rings. The Morgan fingerprint density at radius 3 is 2.50 bits per heavy atom. The molecule has 1 aliphatic carbocycles. The zero-order valence-corrected chi connectivity index (χ0v) is 7.37. The maximum atomic E-state index is 10.8. The van der Waals surface area contributed by atoms with Crippen molar-refractivity contribution in [1.82, 2.24) is 0 Å². The number of carbonyl (C=O) groups is 1. The number of hydrogen-bond acceptors (Lipinski definition) is 2. The van der Waals surface area contributed by atoms with Crippen LogP contribution < -0.4 is 0 Å². The zero-order valence-electron chi connectivity index (χ0n) is 7.37. The summed E-state index contributed by atoms with van der Waals surface area (Å²) < 4.78 is 0. The summed E-state index contributed by atoms with van der Waals surface area (Å²) >= 11 is 0. The van der Waals surface area contributed by atoms with Crippen molar-refractivity contribution >= 4 is 5.97 Å². The van der Waals surface area contributed by atoms with E-state index in [-0.39, 0.29) is 12.5 Å². The van der Waals surface area contributed by atoms with Crippen LogP contribution in [0.5, 0.6) is 0 Å². The summed E-state index contributed by atoms with van der Waals surface area (Å²) in [5.41, 5.74) is 0.0639. The molecule has 1 rings (SSSR count). The van der Waals surface area contributed by atoms with Crippen LogP contribution >= 0.6 is 0 Å². The van der Waals surface area contributed by atoms with Crippen molar-refractivity contribution in [2.75, 3.05) is 6.61 Å². The first-order chi connectivity index (χ1) is 5.53. The van der Waals surface area contributed by atoms with Crippen molar-refractivity contribution in [3.05, 3.63) is 11.6 Å². The van der Waals surface area contributed by atoms with Crippen molar-refractivity contribution in [3.8, 4) is 0 Å². The normalized spacial score (nSPS) is 34.9. The van der Waals surface area contributed by atoms with Gasteiger partial charge in [-0.05, 0) is 19.3 Å². The number of aliphatic hydroxyl groups excluding tert-OH is 1. The van der Waals surface area contributed by atoms with E-state index in [0.29, 0.717) is 6.42 Å². The number of aliphatic carboxylic acids is 1. The summed E-state index contributed by atoms with van der Waals surface area (Å²) in [7, 11) is 0. The molecule has 2 N–H and O–H groups in total. The van der Waals surface area contributed by atoms with E-state index >= 15 is 0 Å². The molecule has 0 aromatic rings. The minimum atomic E-state index is -0.775. The summed E-state index contributed by atoms with van der Waals surface area (Å²) in [6, 6.07) is 0. The smallest absolute Gasteiger partial charge is 0.313 e. The van der Waals surface area contributed by atoms with Crippen LogP contribution in [0.15, 0.2) is 11.6 Å². The van der Waals surface area contributed by atoms with Gasteiger partial charge in [-0.1, -0.05) is 18.6 Å². The first-order valence-electron chi connectivity index (χ1n) is 4.05. The van der Waals surface area contributed by atoms with E-state index in [1.807, 2.05) is 6.92 Å². The van der Waals surface area contributed by atoms with Gasteiger partial charge in [-0.2, -0.15) is 0 Å². The largest absolute Gasteiger partial charge is 0.481 e. The molecule has 1 saturated carbocycles. The van der Waals surface area contributed by atoms with Crippen LogP contribution in [0, 0.1) is 11.3 Å². The van der Waals surface area contributed by atoms with Gasteiger partial charge in [0.2, 0.25) is 0 Å². The third-order valence-corrected chi connectivity index (χ3v) is 2.51. The highest BCUT2D eigenvalue weighted by Gasteiger charge is 2.55. The van der Waals surface area contributed by atoms with E-state index in [1.165, 1.54) is 0 Å². The number of hydrogen-bond donors (Lipinski definition) is 2. The van der Waals surface area contributed by atoms with Crippen LogP contribution in [0.3, 0.4) is 0 Å². The maximum absolute atomic E-state index is 10.8. The number of rotatable bonds is 3. The van der Waals surface area contributed by atoms with Gasteiger partial charge in [0, 0.05) is 0 Å².